The van der Waals surface area contributed by atoms with E-state index in [2.05, 4.69) is 11.1 Å². The third kappa shape index (κ3) is 3.24. The van der Waals surface area contributed by atoms with Gasteiger partial charge in [0, 0.05) is 19.0 Å². The maximum absolute atomic E-state index is 12.8. The van der Waals surface area contributed by atoms with E-state index >= 15 is 0 Å². The van der Waals surface area contributed by atoms with E-state index in [1.165, 1.54) is 5.56 Å². The first-order valence-corrected chi connectivity index (χ1v) is 7.72. The molecule has 0 saturated heterocycles. The Morgan fingerprint density at radius 2 is 1.78 bits per heavy atom. The van der Waals surface area contributed by atoms with E-state index in [-0.39, 0.29) is 5.91 Å². The molecular formula is C20H20N2O. The molecule has 116 valence electrons. The molecule has 0 atom stereocenters. The second-order valence-corrected chi connectivity index (χ2v) is 5.96. The van der Waals surface area contributed by atoms with Crippen LogP contribution < -0.4 is 0 Å². The number of hydrogen-bond acceptors (Lipinski definition) is 2. The van der Waals surface area contributed by atoms with Gasteiger partial charge in [0.2, 0.25) is 0 Å². The number of benzene rings is 2. The summed E-state index contributed by atoms with van der Waals surface area (Å²) in [6.07, 6.45) is 0. The third-order valence-corrected chi connectivity index (χ3v) is 4.00. The highest BCUT2D eigenvalue weighted by atomic mass is 16.2. The fourth-order valence-corrected chi connectivity index (χ4v) is 2.74. The minimum atomic E-state index is 0.00209. The summed E-state index contributed by atoms with van der Waals surface area (Å²) in [5, 5.41) is 1.01. The zero-order chi connectivity index (χ0) is 16.4. The van der Waals surface area contributed by atoms with Crippen LogP contribution in [0.1, 0.15) is 27.2 Å². The van der Waals surface area contributed by atoms with Crippen molar-refractivity contribution in [2.45, 2.75) is 20.4 Å². The van der Waals surface area contributed by atoms with Gasteiger partial charge >= 0.3 is 0 Å². The normalized spacial score (nSPS) is 10.7. The van der Waals surface area contributed by atoms with Gasteiger partial charge in [-0.2, -0.15) is 0 Å². The van der Waals surface area contributed by atoms with Crippen molar-refractivity contribution in [1.29, 1.82) is 0 Å². The molecule has 3 nitrogen and oxygen atoms in total. The van der Waals surface area contributed by atoms with Crippen LogP contribution in [0.25, 0.3) is 10.9 Å². The number of aryl methyl sites for hydroxylation is 2. The molecule has 0 radical (unpaired) electrons. The fourth-order valence-electron chi connectivity index (χ4n) is 2.74. The van der Waals surface area contributed by atoms with Crippen molar-refractivity contribution < 1.29 is 4.79 Å². The summed E-state index contributed by atoms with van der Waals surface area (Å²) in [5.41, 5.74) is 4.65. The average molecular weight is 304 g/mol. The first kappa shape index (κ1) is 15.2. The molecule has 0 spiro atoms. The summed E-state index contributed by atoms with van der Waals surface area (Å²) < 4.78 is 0. The SMILES string of the molecule is Cc1ccc2nc(C)c(C(=O)N(C)Cc3ccccc3)cc2c1. The Morgan fingerprint density at radius 3 is 2.52 bits per heavy atom. The minimum absolute atomic E-state index is 0.00209. The Kier molecular flexibility index (Phi) is 4.11. The zero-order valence-corrected chi connectivity index (χ0v) is 13.7. The number of carbonyl (C=O) groups excluding carboxylic acids is 1. The van der Waals surface area contributed by atoms with Crippen molar-refractivity contribution >= 4 is 16.8 Å². The third-order valence-electron chi connectivity index (χ3n) is 4.00. The average Bonchev–Trinajstić information content (AvgIpc) is 2.55. The van der Waals surface area contributed by atoms with Crippen LogP contribution in [0, 0.1) is 13.8 Å². The van der Waals surface area contributed by atoms with Crippen LogP contribution in [-0.2, 0) is 6.54 Å². The van der Waals surface area contributed by atoms with Crippen molar-refractivity contribution in [1.82, 2.24) is 9.88 Å². The van der Waals surface area contributed by atoms with Crippen LogP contribution in [-0.4, -0.2) is 22.8 Å². The van der Waals surface area contributed by atoms with E-state index in [1.807, 2.05) is 69.4 Å². The topological polar surface area (TPSA) is 33.2 Å². The second-order valence-electron chi connectivity index (χ2n) is 5.96. The van der Waals surface area contributed by atoms with Crippen LogP contribution in [0.4, 0.5) is 0 Å². The lowest BCUT2D eigenvalue weighted by Gasteiger charge is -2.18. The van der Waals surface area contributed by atoms with Gasteiger partial charge < -0.3 is 4.90 Å². The van der Waals surface area contributed by atoms with Gasteiger partial charge in [-0.25, -0.2) is 0 Å². The Labute approximate surface area is 136 Å². The summed E-state index contributed by atoms with van der Waals surface area (Å²) in [4.78, 5) is 19.1. The molecular weight excluding hydrogens is 284 g/mol. The van der Waals surface area contributed by atoms with Gasteiger partial charge in [0.15, 0.2) is 0 Å². The molecule has 0 aliphatic heterocycles. The lowest BCUT2D eigenvalue weighted by Crippen LogP contribution is -2.27. The van der Waals surface area contributed by atoms with Crippen LogP contribution >= 0.6 is 0 Å². The van der Waals surface area contributed by atoms with Gasteiger partial charge in [0.05, 0.1) is 16.8 Å². The molecule has 1 aromatic heterocycles. The van der Waals surface area contributed by atoms with E-state index in [1.54, 1.807) is 4.90 Å². The smallest absolute Gasteiger partial charge is 0.255 e. The number of aromatic nitrogens is 1. The van der Waals surface area contributed by atoms with Crippen molar-refractivity contribution in [2.24, 2.45) is 0 Å². The predicted octanol–water partition coefficient (Wildman–Crippen LogP) is 4.12. The molecule has 0 fully saturated rings. The number of amides is 1. The molecule has 1 amide bonds. The van der Waals surface area contributed by atoms with E-state index in [0.717, 1.165) is 22.2 Å². The van der Waals surface area contributed by atoms with Gasteiger partial charge in [-0.05, 0) is 37.6 Å². The van der Waals surface area contributed by atoms with E-state index in [4.69, 9.17) is 0 Å². The maximum atomic E-state index is 12.8. The summed E-state index contributed by atoms with van der Waals surface area (Å²) in [7, 11) is 1.83. The number of carbonyl (C=O) groups is 1. The molecule has 3 heteroatoms. The Hall–Kier alpha value is -2.68. The Balaban J connectivity index is 1.92. The quantitative estimate of drug-likeness (QED) is 0.729. The molecule has 0 N–H and O–H groups in total. The molecule has 3 rings (SSSR count). The molecule has 1 heterocycles. The summed E-state index contributed by atoms with van der Waals surface area (Å²) >= 11 is 0. The largest absolute Gasteiger partial charge is 0.337 e. The first-order chi connectivity index (χ1) is 11.0. The highest BCUT2D eigenvalue weighted by Crippen LogP contribution is 2.19. The van der Waals surface area contributed by atoms with Crippen LogP contribution in [0.5, 0.6) is 0 Å². The number of fused-ring (bicyclic) bond motifs is 1. The Morgan fingerprint density at radius 1 is 1.04 bits per heavy atom. The minimum Gasteiger partial charge on any atom is -0.337 e. The predicted molar refractivity (Wildman–Crippen MR) is 93.5 cm³/mol. The highest BCUT2D eigenvalue weighted by molar-refractivity contribution is 5.98. The monoisotopic (exact) mass is 304 g/mol. The maximum Gasteiger partial charge on any atom is 0.255 e. The Bertz CT molecular complexity index is 856. The summed E-state index contributed by atoms with van der Waals surface area (Å²) in [6.45, 7) is 4.52. The molecule has 0 aliphatic carbocycles. The first-order valence-electron chi connectivity index (χ1n) is 7.72. The van der Waals surface area contributed by atoms with Gasteiger partial charge in [-0.3, -0.25) is 9.78 Å². The number of nitrogens with zero attached hydrogens (tertiary/aromatic N) is 2. The van der Waals surface area contributed by atoms with Gasteiger partial charge in [0.25, 0.3) is 5.91 Å². The van der Waals surface area contributed by atoms with Gasteiger partial charge in [0.1, 0.15) is 0 Å². The van der Waals surface area contributed by atoms with E-state index < -0.39 is 0 Å². The van der Waals surface area contributed by atoms with Crippen molar-refractivity contribution in [3.05, 3.63) is 77.0 Å². The molecule has 23 heavy (non-hydrogen) atoms. The molecule has 2 aromatic carbocycles. The van der Waals surface area contributed by atoms with Crippen LogP contribution in [0.2, 0.25) is 0 Å². The van der Waals surface area contributed by atoms with Gasteiger partial charge in [-0.1, -0.05) is 42.0 Å². The standard InChI is InChI=1S/C20H20N2O/c1-14-9-10-19-17(11-14)12-18(15(2)21-19)20(23)22(3)13-16-7-5-4-6-8-16/h4-12H,13H2,1-3H3. The van der Waals surface area contributed by atoms with Crippen LogP contribution in [0.15, 0.2) is 54.6 Å². The number of rotatable bonds is 3. The van der Waals surface area contributed by atoms with Gasteiger partial charge in [-0.15, -0.1) is 0 Å². The van der Waals surface area contributed by atoms with Crippen molar-refractivity contribution in [3.63, 3.8) is 0 Å². The van der Waals surface area contributed by atoms with Crippen LogP contribution in [0.3, 0.4) is 0 Å². The summed E-state index contributed by atoms with van der Waals surface area (Å²) in [5.74, 6) is 0.00209. The number of pyridine rings is 1. The lowest BCUT2D eigenvalue weighted by atomic mass is 10.1. The second kappa shape index (κ2) is 6.21. The molecule has 0 saturated carbocycles. The highest BCUT2D eigenvalue weighted by Gasteiger charge is 2.16. The molecule has 3 aromatic rings. The van der Waals surface area contributed by atoms with E-state index in [9.17, 15) is 4.79 Å². The van der Waals surface area contributed by atoms with Crippen molar-refractivity contribution in [3.8, 4) is 0 Å². The molecule has 0 unspecified atom stereocenters. The van der Waals surface area contributed by atoms with Crippen molar-refractivity contribution in [2.75, 3.05) is 7.05 Å². The molecule has 0 bridgehead atoms. The number of hydrogen-bond donors (Lipinski definition) is 0. The lowest BCUT2D eigenvalue weighted by molar-refractivity contribution is 0.0784. The molecule has 0 aliphatic rings. The fraction of sp³-hybridized carbons (Fsp3) is 0.200. The zero-order valence-electron chi connectivity index (χ0n) is 13.7. The summed E-state index contributed by atoms with van der Waals surface area (Å²) in [6, 6.07) is 18.1. The van der Waals surface area contributed by atoms with E-state index in [0.29, 0.717) is 12.1 Å².